The summed E-state index contributed by atoms with van der Waals surface area (Å²) in [5.41, 5.74) is 0. The summed E-state index contributed by atoms with van der Waals surface area (Å²) >= 11 is 0. The second kappa shape index (κ2) is 2.84. The van der Waals surface area contributed by atoms with Crippen LogP contribution in [0.5, 0.6) is 0 Å². The largest absolute Gasteiger partial charge is 0.487 e. The number of hydrogen-bond acceptors (Lipinski definition) is 3. The molecule has 1 unspecified atom stereocenters. The van der Waals surface area contributed by atoms with Gasteiger partial charge in [-0.25, -0.2) is 0 Å². The van der Waals surface area contributed by atoms with Crippen LogP contribution in [-0.4, -0.2) is 35.3 Å². The minimum absolute atomic E-state index is 0.274. The Morgan fingerprint density at radius 3 is 2.33 bits per heavy atom. The zero-order valence-corrected chi connectivity index (χ0v) is 6.84. The molecule has 0 N–H and O–H groups in total. The normalized spacial score (nSPS) is 23.9. The Kier molecular flexibility index (Phi) is 2.16. The molecular weight excluding hydrogens is 171 g/mol. The Balaban J connectivity index is 2.68. The second-order valence-corrected chi connectivity index (χ2v) is 2.49. The van der Waals surface area contributed by atoms with Crippen molar-refractivity contribution in [2.75, 3.05) is 6.54 Å². The Morgan fingerprint density at radius 1 is 1.50 bits per heavy atom. The highest BCUT2D eigenvalue weighted by Crippen LogP contribution is 2.26. The molecule has 0 radical (unpaired) electrons. The molecule has 3 nitrogen and oxygen atoms in total. The molecule has 70 valence electrons. The van der Waals surface area contributed by atoms with Crippen LogP contribution in [0.2, 0.25) is 0 Å². The maximum Gasteiger partial charge on any atom is 0.487 e. The zero-order chi connectivity index (χ0) is 9.35. The molecule has 0 amide bonds. The molecule has 1 heterocycles. The number of alkyl halides is 3. The van der Waals surface area contributed by atoms with Crippen LogP contribution in [0, 0.1) is 0 Å². The second-order valence-electron chi connectivity index (χ2n) is 2.49. The van der Waals surface area contributed by atoms with Crippen LogP contribution in [0.4, 0.5) is 13.2 Å². The van der Waals surface area contributed by atoms with Gasteiger partial charge in [-0.1, -0.05) is 0 Å². The van der Waals surface area contributed by atoms with Gasteiger partial charge in [0.25, 0.3) is 0 Å². The van der Waals surface area contributed by atoms with Gasteiger partial charge in [0.2, 0.25) is 0 Å². The summed E-state index contributed by atoms with van der Waals surface area (Å²) in [6.07, 6.45) is -4.24. The van der Waals surface area contributed by atoms with E-state index in [0.29, 0.717) is 6.54 Å². The molecule has 0 saturated carbocycles. The molecule has 0 bridgehead atoms. The number of hydrogen-bond donors (Lipinski definition) is 0. The molecule has 1 aliphatic rings. The van der Waals surface area contributed by atoms with E-state index in [1.165, 1.54) is 11.9 Å². The lowest BCUT2D eigenvalue weighted by Gasteiger charge is -2.27. The van der Waals surface area contributed by atoms with Gasteiger partial charge in [-0.3, -0.25) is 9.91 Å². The van der Waals surface area contributed by atoms with Crippen molar-refractivity contribution in [2.45, 2.75) is 26.3 Å². The van der Waals surface area contributed by atoms with Crippen LogP contribution >= 0.6 is 0 Å². The van der Waals surface area contributed by atoms with E-state index < -0.39 is 12.5 Å². The van der Waals surface area contributed by atoms with Crippen molar-refractivity contribution in [3.63, 3.8) is 0 Å². The third-order valence-corrected chi connectivity index (χ3v) is 1.78. The smallest absolute Gasteiger partial charge is 0.273 e. The predicted molar refractivity (Wildman–Crippen MR) is 38.2 cm³/mol. The van der Waals surface area contributed by atoms with Crippen molar-refractivity contribution in [1.29, 1.82) is 0 Å². The first kappa shape index (κ1) is 9.15. The average Bonchev–Trinajstić information content (AvgIpc) is 2.29. The van der Waals surface area contributed by atoms with Crippen molar-refractivity contribution < 1.29 is 13.2 Å². The van der Waals surface area contributed by atoms with Crippen molar-refractivity contribution in [1.82, 2.24) is 9.91 Å². The summed E-state index contributed by atoms with van der Waals surface area (Å²) in [6, 6.07) is 0. The van der Waals surface area contributed by atoms with Crippen molar-refractivity contribution in [3.05, 3.63) is 0 Å². The first-order valence-corrected chi connectivity index (χ1v) is 3.62. The van der Waals surface area contributed by atoms with Gasteiger partial charge >= 0.3 is 6.30 Å². The lowest BCUT2D eigenvalue weighted by atomic mass is 10.5. The lowest BCUT2D eigenvalue weighted by Crippen LogP contribution is -2.45. The summed E-state index contributed by atoms with van der Waals surface area (Å²) in [5, 5.41) is 4.97. The van der Waals surface area contributed by atoms with E-state index in [-0.39, 0.29) is 4.90 Å². The third kappa shape index (κ3) is 1.46. The molecule has 1 aliphatic heterocycles. The maximum atomic E-state index is 12.1. The van der Waals surface area contributed by atoms with Crippen LogP contribution in [0.25, 0.3) is 0 Å². The molecule has 0 aromatic heterocycles. The highest BCUT2D eigenvalue weighted by Gasteiger charge is 2.42. The van der Waals surface area contributed by atoms with E-state index in [1.54, 1.807) is 6.92 Å². The molecule has 6 heteroatoms. The predicted octanol–water partition coefficient (Wildman–Crippen LogP) is 1.43. The van der Waals surface area contributed by atoms with E-state index in [2.05, 4.69) is 5.10 Å². The summed E-state index contributed by atoms with van der Waals surface area (Å²) < 4.78 is 36.4. The number of halogens is 3. The fourth-order valence-corrected chi connectivity index (χ4v) is 1.08. The average molecular weight is 181 g/mol. The molecule has 0 saturated heterocycles. The van der Waals surface area contributed by atoms with E-state index >= 15 is 0 Å². The fraction of sp³-hybridized carbons (Fsp3) is 0.833. The van der Waals surface area contributed by atoms with E-state index in [1.807, 2.05) is 0 Å². The first-order valence-electron chi connectivity index (χ1n) is 3.62. The van der Waals surface area contributed by atoms with Crippen LogP contribution in [0.1, 0.15) is 13.8 Å². The summed E-state index contributed by atoms with van der Waals surface area (Å²) in [6.45, 7) is 3.70. The third-order valence-electron chi connectivity index (χ3n) is 1.78. The van der Waals surface area contributed by atoms with Crippen LogP contribution in [0.3, 0.4) is 0 Å². The van der Waals surface area contributed by atoms with E-state index in [0.717, 1.165) is 6.34 Å². The summed E-state index contributed by atoms with van der Waals surface area (Å²) in [4.78, 5) is 0.274. The van der Waals surface area contributed by atoms with Crippen molar-refractivity contribution in [2.24, 2.45) is 5.10 Å². The SMILES string of the molecule is CCN1N=CN(C(F)(F)F)C1C. The quantitative estimate of drug-likeness (QED) is 0.570. The Hall–Kier alpha value is -0.940. The molecule has 0 aromatic carbocycles. The van der Waals surface area contributed by atoms with Gasteiger partial charge in [0.05, 0.1) is 0 Å². The molecule has 0 spiro atoms. The Bertz CT molecular complexity index is 189. The minimum atomic E-state index is -4.33. The number of rotatable bonds is 1. The maximum absolute atomic E-state index is 12.1. The van der Waals surface area contributed by atoms with Gasteiger partial charge in [0.1, 0.15) is 12.5 Å². The molecule has 0 aromatic rings. The van der Waals surface area contributed by atoms with Crippen LogP contribution in [-0.2, 0) is 0 Å². The molecular formula is C6H10F3N3. The van der Waals surface area contributed by atoms with Gasteiger partial charge < -0.3 is 0 Å². The van der Waals surface area contributed by atoms with Gasteiger partial charge in [-0.05, 0) is 13.8 Å². The lowest BCUT2D eigenvalue weighted by molar-refractivity contribution is -0.232. The zero-order valence-electron chi connectivity index (χ0n) is 6.84. The molecule has 1 atom stereocenters. The minimum Gasteiger partial charge on any atom is -0.273 e. The number of hydrazone groups is 1. The van der Waals surface area contributed by atoms with Gasteiger partial charge in [0.15, 0.2) is 0 Å². The Labute approximate surface area is 68.4 Å². The molecule has 12 heavy (non-hydrogen) atoms. The molecule has 0 aliphatic carbocycles. The van der Waals surface area contributed by atoms with Gasteiger partial charge in [0, 0.05) is 6.54 Å². The van der Waals surface area contributed by atoms with Gasteiger partial charge in [-0.15, -0.1) is 13.2 Å². The topological polar surface area (TPSA) is 18.8 Å². The highest BCUT2D eigenvalue weighted by atomic mass is 19.4. The standard InChI is InChI=1S/C6H10F3N3/c1-3-12-5(2)11(4-10-12)6(7,8)9/h4-5H,3H2,1-2H3. The summed E-state index contributed by atoms with van der Waals surface area (Å²) in [5.74, 6) is 0. The first-order chi connectivity index (χ1) is 5.46. The molecule has 0 fully saturated rings. The van der Waals surface area contributed by atoms with E-state index in [4.69, 9.17) is 0 Å². The molecule has 1 rings (SSSR count). The van der Waals surface area contributed by atoms with Crippen molar-refractivity contribution in [3.8, 4) is 0 Å². The number of nitrogens with zero attached hydrogens (tertiary/aromatic N) is 3. The van der Waals surface area contributed by atoms with E-state index in [9.17, 15) is 13.2 Å². The van der Waals surface area contributed by atoms with Crippen LogP contribution in [0.15, 0.2) is 5.10 Å². The highest BCUT2D eigenvalue weighted by molar-refractivity contribution is 5.57. The fourth-order valence-electron chi connectivity index (χ4n) is 1.08. The van der Waals surface area contributed by atoms with Gasteiger partial charge in [-0.2, -0.15) is 5.10 Å². The van der Waals surface area contributed by atoms with Crippen LogP contribution < -0.4 is 0 Å². The summed E-state index contributed by atoms with van der Waals surface area (Å²) in [7, 11) is 0. The Morgan fingerprint density at radius 2 is 2.08 bits per heavy atom. The monoisotopic (exact) mass is 181 g/mol. The van der Waals surface area contributed by atoms with Crippen molar-refractivity contribution >= 4 is 6.34 Å².